The van der Waals surface area contributed by atoms with Crippen LogP contribution < -0.4 is 21.3 Å². The van der Waals surface area contributed by atoms with Crippen LogP contribution in [-0.2, 0) is 19.1 Å². The lowest BCUT2D eigenvalue weighted by Gasteiger charge is -2.21. The Hall–Kier alpha value is -3.69. The quantitative estimate of drug-likeness (QED) is 0.474. The molecule has 2 atom stereocenters. The highest BCUT2D eigenvalue weighted by atomic mass is 35.5. The van der Waals surface area contributed by atoms with Gasteiger partial charge >= 0.3 is 18.0 Å². The van der Waals surface area contributed by atoms with Crippen molar-refractivity contribution in [2.24, 2.45) is 0 Å². The van der Waals surface area contributed by atoms with Crippen molar-refractivity contribution in [1.82, 2.24) is 10.6 Å². The van der Waals surface area contributed by atoms with Crippen LogP contribution in [0.4, 0.5) is 16.2 Å². The molecule has 4 N–H and O–H groups in total. The first-order valence-electron chi connectivity index (χ1n) is 9.35. The Bertz CT molecular complexity index is 1030. The normalized spacial score (nSPS) is 20.1. The molecule has 0 saturated carbocycles. The van der Waals surface area contributed by atoms with Gasteiger partial charge in [-0.2, -0.15) is 0 Å². The molecule has 2 aliphatic rings. The number of carbonyl (C=O) groups is 3. The maximum absolute atomic E-state index is 12.6. The second-order valence-corrected chi connectivity index (χ2v) is 7.38. The lowest BCUT2D eigenvalue weighted by molar-refractivity contribution is -0.140. The molecule has 0 aromatic heterocycles. The number of ether oxygens (including phenoxy) is 2. The number of halogens is 2. The number of rotatable bonds is 6. The van der Waals surface area contributed by atoms with Gasteiger partial charge < -0.3 is 20.1 Å². The molecular weight excluding hydrogens is 459 g/mol. The Morgan fingerprint density at radius 1 is 0.688 bits per heavy atom. The smallest absolute Gasteiger partial charge is 0.354 e. The van der Waals surface area contributed by atoms with Gasteiger partial charge in [0.1, 0.15) is 11.4 Å². The molecule has 2 aromatic rings. The van der Waals surface area contributed by atoms with E-state index in [1.807, 2.05) is 12.1 Å². The standard InChI is InChI=1S/C21H16Cl2N4O5/c22-13-15(24-11-7-3-1-4-8-11)17(31-19(13)28)26-21(30)27-18-16(14(23)20(29)32-18)25-12-9-5-2-6-10-12/h1-10,17-18,24-25H,(H2,26,27,30). The number of amides is 2. The number of para-hydroxylation sites is 2. The Balaban J connectivity index is 1.44. The van der Waals surface area contributed by atoms with E-state index in [0.717, 1.165) is 0 Å². The topological polar surface area (TPSA) is 118 Å². The van der Waals surface area contributed by atoms with Crippen molar-refractivity contribution in [1.29, 1.82) is 0 Å². The van der Waals surface area contributed by atoms with Crippen LogP contribution in [0.3, 0.4) is 0 Å². The molecule has 164 valence electrons. The molecule has 0 aliphatic carbocycles. The minimum atomic E-state index is -1.18. The Kier molecular flexibility index (Phi) is 6.20. The summed E-state index contributed by atoms with van der Waals surface area (Å²) < 4.78 is 10.2. The molecule has 0 fully saturated rings. The monoisotopic (exact) mass is 474 g/mol. The van der Waals surface area contributed by atoms with Crippen molar-refractivity contribution in [2.75, 3.05) is 10.6 Å². The first-order chi connectivity index (χ1) is 15.4. The van der Waals surface area contributed by atoms with Gasteiger partial charge in [-0.15, -0.1) is 0 Å². The highest BCUT2D eigenvalue weighted by Gasteiger charge is 2.38. The van der Waals surface area contributed by atoms with Gasteiger partial charge in [-0.05, 0) is 24.3 Å². The summed E-state index contributed by atoms with van der Waals surface area (Å²) in [4.78, 5) is 36.4. The van der Waals surface area contributed by atoms with Crippen LogP contribution in [0.1, 0.15) is 0 Å². The summed E-state index contributed by atoms with van der Waals surface area (Å²) in [6.45, 7) is 0. The van der Waals surface area contributed by atoms with Crippen molar-refractivity contribution in [3.8, 4) is 0 Å². The van der Waals surface area contributed by atoms with Crippen LogP contribution >= 0.6 is 23.2 Å². The predicted octanol–water partition coefficient (Wildman–Crippen LogP) is 3.18. The van der Waals surface area contributed by atoms with Crippen molar-refractivity contribution in [2.45, 2.75) is 12.5 Å². The van der Waals surface area contributed by atoms with Crippen molar-refractivity contribution in [3.63, 3.8) is 0 Å². The van der Waals surface area contributed by atoms with E-state index in [1.54, 1.807) is 48.5 Å². The van der Waals surface area contributed by atoms with Gasteiger partial charge in [-0.3, -0.25) is 10.6 Å². The first kappa shape index (κ1) is 21.5. The van der Waals surface area contributed by atoms with Gasteiger partial charge in [-0.25, -0.2) is 14.4 Å². The van der Waals surface area contributed by atoms with E-state index in [4.69, 9.17) is 32.7 Å². The molecule has 0 saturated heterocycles. The molecule has 2 aliphatic heterocycles. The second-order valence-electron chi connectivity index (χ2n) is 6.63. The van der Waals surface area contributed by atoms with Gasteiger partial charge in [0.2, 0.25) is 12.5 Å². The SMILES string of the molecule is O=C(NC1OC(=O)C(Cl)=C1Nc1ccccc1)NC1OC(=O)C(Cl)=C1Nc1ccccc1. The molecule has 11 heteroatoms. The third-order valence-electron chi connectivity index (χ3n) is 4.44. The fraction of sp³-hybridized carbons (Fsp3) is 0.0952. The van der Waals surface area contributed by atoms with Gasteiger partial charge in [0.25, 0.3) is 0 Å². The van der Waals surface area contributed by atoms with E-state index < -0.39 is 30.4 Å². The van der Waals surface area contributed by atoms with Crippen LogP contribution in [-0.4, -0.2) is 30.4 Å². The minimum Gasteiger partial charge on any atom is -0.431 e. The molecule has 2 unspecified atom stereocenters. The lowest BCUT2D eigenvalue weighted by atomic mass is 10.3. The third kappa shape index (κ3) is 4.63. The number of cyclic esters (lactones) is 2. The molecule has 32 heavy (non-hydrogen) atoms. The number of benzene rings is 2. The zero-order valence-electron chi connectivity index (χ0n) is 16.2. The van der Waals surface area contributed by atoms with E-state index in [0.29, 0.717) is 11.4 Å². The number of urea groups is 1. The molecule has 0 bridgehead atoms. The number of anilines is 2. The van der Waals surface area contributed by atoms with Crippen molar-refractivity contribution < 1.29 is 23.9 Å². The first-order valence-corrected chi connectivity index (χ1v) is 10.1. The maximum Gasteiger partial charge on any atom is 0.354 e. The number of nitrogens with one attached hydrogen (secondary N) is 4. The lowest BCUT2D eigenvalue weighted by Crippen LogP contribution is -2.49. The van der Waals surface area contributed by atoms with E-state index in [9.17, 15) is 14.4 Å². The molecule has 2 aromatic carbocycles. The van der Waals surface area contributed by atoms with Gasteiger partial charge in [0, 0.05) is 11.4 Å². The Morgan fingerprint density at radius 2 is 1.06 bits per heavy atom. The van der Waals surface area contributed by atoms with E-state index in [-0.39, 0.29) is 21.5 Å². The van der Waals surface area contributed by atoms with E-state index >= 15 is 0 Å². The zero-order chi connectivity index (χ0) is 22.7. The highest BCUT2D eigenvalue weighted by molar-refractivity contribution is 6.43. The summed E-state index contributed by atoms with van der Waals surface area (Å²) in [5, 5.41) is 10.5. The molecule has 0 radical (unpaired) electrons. The fourth-order valence-corrected chi connectivity index (χ4v) is 3.35. The highest BCUT2D eigenvalue weighted by Crippen LogP contribution is 2.27. The van der Waals surface area contributed by atoms with E-state index in [2.05, 4.69) is 21.3 Å². The molecule has 2 amide bonds. The molecule has 9 nitrogen and oxygen atoms in total. The Labute approximate surface area is 192 Å². The average molecular weight is 475 g/mol. The number of hydrogen-bond acceptors (Lipinski definition) is 7. The Morgan fingerprint density at radius 3 is 1.44 bits per heavy atom. The maximum atomic E-state index is 12.6. The molecular formula is C21H16Cl2N4O5. The zero-order valence-corrected chi connectivity index (χ0v) is 17.7. The number of hydrogen-bond donors (Lipinski definition) is 4. The molecule has 0 spiro atoms. The van der Waals surface area contributed by atoms with E-state index in [1.165, 1.54) is 0 Å². The third-order valence-corrected chi connectivity index (χ3v) is 5.15. The minimum absolute atomic E-state index is 0.164. The average Bonchev–Trinajstić information content (AvgIpc) is 3.19. The van der Waals surface area contributed by atoms with Crippen LogP contribution in [0.25, 0.3) is 0 Å². The van der Waals surface area contributed by atoms with Crippen LogP contribution in [0.15, 0.2) is 82.1 Å². The summed E-state index contributed by atoms with van der Waals surface area (Å²) in [6.07, 6.45) is -2.37. The fourth-order valence-electron chi connectivity index (χ4n) is 2.96. The van der Waals surface area contributed by atoms with Crippen molar-refractivity contribution in [3.05, 3.63) is 82.1 Å². The number of esters is 2. The van der Waals surface area contributed by atoms with Gasteiger partial charge in [0.05, 0.1) is 0 Å². The summed E-state index contributed by atoms with van der Waals surface area (Å²) in [7, 11) is 0. The second kappa shape index (κ2) is 9.21. The van der Waals surface area contributed by atoms with Crippen LogP contribution in [0, 0.1) is 0 Å². The number of carbonyl (C=O) groups excluding carboxylic acids is 3. The summed E-state index contributed by atoms with van der Waals surface area (Å²) in [5.41, 5.74) is 1.61. The van der Waals surface area contributed by atoms with Crippen LogP contribution in [0.5, 0.6) is 0 Å². The summed E-state index contributed by atoms with van der Waals surface area (Å²) in [5.74, 6) is -1.59. The van der Waals surface area contributed by atoms with Gasteiger partial charge in [0.15, 0.2) is 10.1 Å². The van der Waals surface area contributed by atoms with Gasteiger partial charge in [-0.1, -0.05) is 59.6 Å². The van der Waals surface area contributed by atoms with Crippen molar-refractivity contribution >= 4 is 52.5 Å². The summed E-state index contributed by atoms with van der Waals surface area (Å²) >= 11 is 12.1. The largest absolute Gasteiger partial charge is 0.431 e. The van der Waals surface area contributed by atoms with Crippen LogP contribution in [0.2, 0.25) is 0 Å². The molecule has 2 heterocycles. The molecule has 4 rings (SSSR count). The predicted molar refractivity (Wildman–Crippen MR) is 117 cm³/mol. The summed E-state index contributed by atoms with van der Waals surface area (Å²) in [6, 6.07) is 17.0.